The molecule has 2 heterocycles. The van der Waals surface area contributed by atoms with Crippen molar-refractivity contribution in [2.75, 3.05) is 46.9 Å². The molecule has 1 atom stereocenters. The van der Waals surface area contributed by atoms with E-state index in [-0.39, 0.29) is 22.8 Å². The van der Waals surface area contributed by atoms with Gasteiger partial charge in [-0.05, 0) is 51.1 Å². The van der Waals surface area contributed by atoms with Crippen molar-refractivity contribution < 1.29 is 22.7 Å². The van der Waals surface area contributed by atoms with E-state index in [2.05, 4.69) is 22.3 Å². The molecule has 2 aliphatic heterocycles. The zero-order chi connectivity index (χ0) is 24.1. The van der Waals surface area contributed by atoms with E-state index in [1.54, 1.807) is 12.1 Å². The summed E-state index contributed by atoms with van der Waals surface area (Å²) in [6.45, 7) is 2.21. The summed E-state index contributed by atoms with van der Waals surface area (Å²) in [5.74, 6) is 0.807. The molecule has 8 nitrogen and oxygen atoms in total. The summed E-state index contributed by atoms with van der Waals surface area (Å²) < 4.78 is 38.8. The van der Waals surface area contributed by atoms with E-state index in [4.69, 9.17) is 9.47 Å². The van der Waals surface area contributed by atoms with Crippen molar-refractivity contribution in [2.24, 2.45) is 5.92 Å². The lowest BCUT2D eigenvalue weighted by Crippen LogP contribution is -2.48. The first-order chi connectivity index (χ1) is 16.3. The lowest BCUT2D eigenvalue weighted by Gasteiger charge is -2.32. The maximum absolute atomic E-state index is 13.2. The number of hydrogen-bond acceptors (Lipinski definition) is 6. The highest BCUT2D eigenvalue weighted by molar-refractivity contribution is 7.89. The van der Waals surface area contributed by atoms with Gasteiger partial charge in [-0.15, -0.1) is 0 Å². The van der Waals surface area contributed by atoms with Crippen LogP contribution in [0.4, 0.5) is 0 Å². The molecule has 1 amide bonds. The number of rotatable bonds is 8. The van der Waals surface area contributed by atoms with Gasteiger partial charge < -0.3 is 19.7 Å². The van der Waals surface area contributed by atoms with Crippen molar-refractivity contribution in [3.63, 3.8) is 0 Å². The van der Waals surface area contributed by atoms with Crippen LogP contribution in [-0.4, -0.2) is 76.5 Å². The minimum Gasteiger partial charge on any atom is -0.486 e. The van der Waals surface area contributed by atoms with Crippen LogP contribution in [0, 0.1) is 5.92 Å². The number of amides is 1. The second kappa shape index (κ2) is 10.8. The van der Waals surface area contributed by atoms with Crippen LogP contribution >= 0.6 is 0 Å². The third-order valence-electron chi connectivity index (χ3n) is 6.23. The fourth-order valence-corrected chi connectivity index (χ4v) is 6.00. The molecule has 4 rings (SSSR count). The van der Waals surface area contributed by atoms with Gasteiger partial charge >= 0.3 is 0 Å². The molecule has 1 saturated heterocycles. The summed E-state index contributed by atoms with van der Waals surface area (Å²) in [6.07, 6.45) is 1.74. The lowest BCUT2D eigenvalue weighted by molar-refractivity contribution is -0.126. The predicted molar refractivity (Wildman–Crippen MR) is 130 cm³/mol. The molecule has 0 saturated carbocycles. The Balaban J connectivity index is 1.36. The molecule has 1 unspecified atom stereocenters. The summed E-state index contributed by atoms with van der Waals surface area (Å²) >= 11 is 0. The first-order valence-corrected chi connectivity index (χ1v) is 13.2. The van der Waals surface area contributed by atoms with Crippen molar-refractivity contribution in [3.8, 4) is 11.5 Å². The van der Waals surface area contributed by atoms with Gasteiger partial charge in [0, 0.05) is 37.7 Å². The maximum atomic E-state index is 13.2. The average Bonchev–Trinajstić information content (AvgIpc) is 2.84. The van der Waals surface area contributed by atoms with E-state index in [1.807, 2.05) is 32.3 Å². The molecule has 0 radical (unpaired) electrons. The van der Waals surface area contributed by atoms with Gasteiger partial charge in [0.2, 0.25) is 15.9 Å². The molecule has 1 fully saturated rings. The number of nitrogens with one attached hydrogen (secondary N) is 1. The molecule has 0 aromatic heterocycles. The van der Waals surface area contributed by atoms with Crippen LogP contribution in [0.1, 0.15) is 18.4 Å². The fourth-order valence-electron chi connectivity index (χ4n) is 4.51. The van der Waals surface area contributed by atoms with Crippen LogP contribution in [0.5, 0.6) is 11.5 Å². The first kappa shape index (κ1) is 24.5. The van der Waals surface area contributed by atoms with Gasteiger partial charge in [-0.1, -0.05) is 30.3 Å². The van der Waals surface area contributed by atoms with Crippen LogP contribution in [0.2, 0.25) is 0 Å². The topological polar surface area (TPSA) is 88.2 Å². The number of piperidine rings is 1. The number of likely N-dealkylation sites (N-methyl/N-ethyl adjacent to an activating group) is 1. The van der Waals surface area contributed by atoms with Crippen LogP contribution in [-0.2, 0) is 21.2 Å². The van der Waals surface area contributed by atoms with Gasteiger partial charge in [-0.3, -0.25) is 4.79 Å². The Morgan fingerprint density at radius 3 is 2.41 bits per heavy atom. The number of ether oxygens (including phenoxy) is 2. The van der Waals surface area contributed by atoms with E-state index in [0.717, 1.165) is 13.0 Å². The second-order valence-corrected chi connectivity index (χ2v) is 11.1. The molecule has 184 valence electrons. The third-order valence-corrected chi connectivity index (χ3v) is 8.13. The quantitative estimate of drug-likeness (QED) is 0.614. The van der Waals surface area contributed by atoms with E-state index < -0.39 is 10.0 Å². The van der Waals surface area contributed by atoms with E-state index in [1.165, 1.54) is 15.9 Å². The fraction of sp³-hybridized carbons (Fsp3) is 0.480. The predicted octanol–water partition coefficient (Wildman–Crippen LogP) is 2.15. The van der Waals surface area contributed by atoms with Crippen LogP contribution in [0.25, 0.3) is 0 Å². The van der Waals surface area contributed by atoms with E-state index in [9.17, 15) is 13.2 Å². The van der Waals surface area contributed by atoms with Gasteiger partial charge in [0.05, 0.1) is 4.90 Å². The summed E-state index contributed by atoms with van der Waals surface area (Å²) in [7, 11) is 0.318. The average molecular weight is 488 g/mol. The minimum absolute atomic E-state index is 0.000779. The Bertz CT molecular complexity index is 1080. The smallest absolute Gasteiger partial charge is 0.243 e. The largest absolute Gasteiger partial charge is 0.486 e. The van der Waals surface area contributed by atoms with Crippen molar-refractivity contribution in [1.82, 2.24) is 14.5 Å². The number of nitrogens with zero attached hydrogens (tertiary/aromatic N) is 2. The molecule has 2 aliphatic rings. The summed E-state index contributed by atoms with van der Waals surface area (Å²) in [4.78, 5) is 15.3. The number of sulfonamides is 1. The van der Waals surface area contributed by atoms with E-state index in [0.29, 0.717) is 50.6 Å². The maximum Gasteiger partial charge on any atom is 0.243 e. The molecule has 0 bridgehead atoms. The van der Waals surface area contributed by atoms with Crippen LogP contribution in [0.3, 0.4) is 0 Å². The number of fused-ring (bicyclic) bond motifs is 1. The molecule has 34 heavy (non-hydrogen) atoms. The standard InChI is InChI=1S/C25H33N3O5S/c1-27(2)18-21(16-19-6-4-3-5-7-19)26-25(29)20-10-12-28(13-11-20)34(30,31)22-8-9-23-24(17-22)33-15-14-32-23/h3-9,17,20-21H,10-16,18H2,1-2H3,(H,26,29). The van der Waals surface area contributed by atoms with Crippen LogP contribution in [0.15, 0.2) is 53.4 Å². The van der Waals surface area contributed by atoms with Crippen molar-refractivity contribution >= 4 is 15.9 Å². The summed E-state index contributed by atoms with van der Waals surface area (Å²) in [5.41, 5.74) is 1.18. The molecular formula is C25H33N3O5S. The Hall–Kier alpha value is -2.62. The summed E-state index contributed by atoms with van der Waals surface area (Å²) in [5, 5.41) is 3.21. The highest BCUT2D eigenvalue weighted by Crippen LogP contribution is 2.34. The molecule has 2 aromatic carbocycles. The first-order valence-electron chi connectivity index (χ1n) is 11.7. The van der Waals surface area contributed by atoms with Gasteiger partial charge in [-0.2, -0.15) is 4.31 Å². The minimum atomic E-state index is -3.66. The number of benzene rings is 2. The zero-order valence-electron chi connectivity index (χ0n) is 19.8. The van der Waals surface area contributed by atoms with Crippen LogP contribution < -0.4 is 14.8 Å². The Morgan fingerprint density at radius 1 is 1.06 bits per heavy atom. The highest BCUT2D eigenvalue weighted by atomic mass is 32.2. The van der Waals surface area contributed by atoms with E-state index >= 15 is 0 Å². The van der Waals surface area contributed by atoms with Gasteiger partial charge in [0.1, 0.15) is 13.2 Å². The SMILES string of the molecule is CN(C)CC(Cc1ccccc1)NC(=O)C1CCN(S(=O)(=O)c2ccc3c(c2)OCCO3)CC1. The van der Waals surface area contributed by atoms with Gasteiger partial charge in [0.25, 0.3) is 0 Å². The molecular weight excluding hydrogens is 454 g/mol. The van der Waals surface area contributed by atoms with Crippen molar-refractivity contribution in [1.29, 1.82) is 0 Å². The Labute approximate surface area is 201 Å². The van der Waals surface area contributed by atoms with Crippen molar-refractivity contribution in [3.05, 3.63) is 54.1 Å². The monoisotopic (exact) mass is 487 g/mol. The van der Waals surface area contributed by atoms with Gasteiger partial charge in [-0.25, -0.2) is 8.42 Å². The zero-order valence-corrected chi connectivity index (χ0v) is 20.6. The van der Waals surface area contributed by atoms with Crippen molar-refractivity contribution in [2.45, 2.75) is 30.2 Å². The summed E-state index contributed by atoms with van der Waals surface area (Å²) in [6, 6.07) is 14.8. The molecule has 0 spiro atoms. The molecule has 0 aliphatic carbocycles. The number of hydrogen-bond donors (Lipinski definition) is 1. The molecule has 9 heteroatoms. The molecule has 1 N–H and O–H groups in total. The molecule has 2 aromatic rings. The third kappa shape index (κ3) is 5.89. The van der Waals surface area contributed by atoms with Gasteiger partial charge in [0.15, 0.2) is 11.5 Å². The highest BCUT2D eigenvalue weighted by Gasteiger charge is 2.33. The Kier molecular flexibility index (Phi) is 7.75. The second-order valence-electron chi connectivity index (χ2n) is 9.14. The Morgan fingerprint density at radius 2 is 1.74 bits per heavy atom. The normalized spacial score (nSPS) is 18.0. The number of carbonyl (C=O) groups excluding carboxylic acids is 1. The lowest BCUT2D eigenvalue weighted by atomic mass is 9.96. The number of carbonyl (C=O) groups is 1.